The molecule has 31 heavy (non-hydrogen) atoms. The Labute approximate surface area is 185 Å². The van der Waals surface area contributed by atoms with E-state index in [0.717, 1.165) is 44.6 Å². The molecule has 3 aromatic rings. The fourth-order valence-corrected chi connectivity index (χ4v) is 4.39. The lowest BCUT2D eigenvalue weighted by molar-refractivity contribution is 0.0908. The summed E-state index contributed by atoms with van der Waals surface area (Å²) in [5.41, 5.74) is 5.63. The van der Waals surface area contributed by atoms with Gasteiger partial charge in [-0.1, -0.05) is 61.5 Å². The van der Waals surface area contributed by atoms with Crippen LogP contribution in [0.4, 0.5) is 0 Å². The number of hydrogen-bond acceptors (Lipinski definition) is 3. The first kappa shape index (κ1) is 21.3. The number of aromatic nitrogens is 2. The summed E-state index contributed by atoms with van der Waals surface area (Å²) < 4.78 is 1.95. The number of carbonyl (C=O) groups excluding carboxylic acids is 1. The third-order valence-corrected chi connectivity index (χ3v) is 6.28. The van der Waals surface area contributed by atoms with Crippen molar-refractivity contribution in [3.63, 3.8) is 0 Å². The van der Waals surface area contributed by atoms with E-state index in [1.165, 1.54) is 16.7 Å². The van der Waals surface area contributed by atoms with E-state index in [-0.39, 0.29) is 11.9 Å². The van der Waals surface area contributed by atoms with Gasteiger partial charge in [-0.25, -0.2) is 0 Å². The predicted molar refractivity (Wildman–Crippen MR) is 124 cm³/mol. The molecule has 1 amide bonds. The number of rotatable bonds is 7. The number of hydrogen-bond donors (Lipinski definition) is 1. The Hall–Kier alpha value is -2.92. The Kier molecular flexibility index (Phi) is 6.82. The van der Waals surface area contributed by atoms with E-state index in [0.29, 0.717) is 12.1 Å². The molecule has 5 nitrogen and oxygen atoms in total. The molecule has 1 fully saturated rings. The van der Waals surface area contributed by atoms with Crippen molar-refractivity contribution in [1.82, 2.24) is 20.0 Å². The Morgan fingerprint density at radius 3 is 2.45 bits per heavy atom. The molecular formula is C26H32N4O. The van der Waals surface area contributed by atoms with E-state index >= 15 is 0 Å². The summed E-state index contributed by atoms with van der Waals surface area (Å²) in [5, 5.41) is 7.78. The second-order valence-electron chi connectivity index (χ2n) is 8.45. The zero-order valence-corrected chi connectivity index (χ0v) is 18.6. The van der Waals surface area contributed by atoms with Crippen molar-refractivity contribution in [1.29, 1.82) is 0 Å². The summed E-state index contributed by atoms with van der Waals surface area (Å²) in [4.78, 5) is 15.5. The first-order valence-electron chi connectivity index (χ1n) is 11.3. The number of piperidine rings is 1. The molecule has 0 atom stereocenters. The fourth-order valence-electron chi connectivity index (χ4n) is 4.39. The third-order valence-electron chi connectivity index (χ3n) is 6.28. The van der Waals surface area contributed by atoms with Crippen LogP contribution in [0, 0.1) is 6.92 Å². The average Bonchev–Trinajstić information content (AvgIpc) is 3.20. The predicted octanol–water partition coefficient (Wildman–Crippen LogP) is 4.20. The zero-order chi connectivity index (χ0) is 21.6. The summed E-state index contributed by atoms with van der Waals surface area (Å²) in [6.45, 7) is 7.94. The second kappa shape index (κ2) is 9.92. The van der Waals surface area contributed by atoms with Crippen LogP contribution in [0.1, 0.15) is 52.5 Å². The minimum absolute atomic E-state index is 0.00788. The number of likely N-dealkylation sites (tertiary alicyclic amines) is 1. The number of nitrogens with zero attached hydrogens (tertiary/aromatic N) is 3. The molecule has 1 N–H and O–H groups in total. The first-order chi connectivity index (χ1) is 15.1. The third kappa shape index (κ3) is 5.23. The summed E-state index contributed by atoms with van der Waals surface area (Å²) >= 11 is 0. The molecule has 1 saturated heterocycles. The Bertz CT molecular complexity index is 1000. The maximum Gasteiger partial charge on any atom is 0.254 e. The summed E-state index contributed by atoms with van der Waals surface area (Å²) in [5.74, 6) is 0.00788. The van der Waals surface area contributed by atoms with Crippen molar-refractivity contribution in [3.05, 3.63) is 88.7 Å². The van der Waals surface area contributed by atoms with Crippen molar-refractivity contribution in [3.8, 4) is 0 Å². The highest BCUT2D eigenvalue weighted by atomic mass is 16.1. The van der Waals surface area contributed by atoms with Gasteiger partial charge < -0.3 is 5.32 Å². The Morgan fingerprint density at radius 1 is 1.03 bits per heavy atom. The van der Waals surface area contributed by atoms with Gasteiger partial charge in [-0.3, -0.25) is 14.4 Å². The van der Waals surface area contributed by atoms with E-state index in [1.54, 1.807) is 6.20 Å². The minimum atomic E-state index is 0.00788. The summed E-state index contributed by atoms with van der Waals surface area (Å²) in [7, 11) is 0. The molecule has 0 radical (unpaired) electrons. The molecule has 0 saturated carbocycles. The smallest absolute Gasteiger partial charge is 0.254 e. The van der Waals surface area contributed by atoms with E-state index in [1.807, 2.05) is 22.9 Å². The van der Waals surface area contributed by atoms with Crippen molar-refractivity contribution in [2.24, 2.45) is 0 Å². The van der Waals surface area contributed by atoms with Gasteiger partial charge in [-0.2, -0.15) is 5.10 Å². The second-order valence-corrected chi connectivity index (χ2v) is 8.45. The van der Waals surface area contributed by atoms with Crippen LogP contribution in [-0.2, 0) is 19.5 Å². The van der Waals surface area contributed by atoms with Gasteiger partial charge in [-0.05, 0) is 42.9 Å². The highest BCUT2D eigenvalue weighted by Gasteiger charge is 2.23. The molecule has 4 rings (SSSR count). The van der Waals surface area contributed by atoms with Gasteiger partial charge in [0.25, 0.3) is 5.91 Å². The topological polar surface area (TPSA) is 50.2 Å². The molecule has 0 spiro atoms. The standard InChI is InChI=1S/C26H32N4O/c1-3-25-24(17-27-30(25)18-21-10-5-4-6-11-21)26(31)28-23-13-15-29(16-14-23)19-22-12-8-7-9-20(22)2/h4-12,17,23H,3,13-16,18-19H2,1-2H3,(H,28,31). The van der Waals surface area contributed by atoms with E-state index in [4.69, 9.17) is 0 Å². The van der Waals surface area contributed by atoms with Crippen LogP contribution >= 0.6 is 0 Å². The number of carbonyl (C=O) groups is 1. The molecule has 2 heterocycles. The molecule has 5 heteroatoms. The molecule has 0 unspecified atom stereocenters. The molecular weight excluding hydrogens is 384 g/mol. The molecule has 1 aromatic heterocycles. The van der Waals surface area contributed by atoms with Crippen LogP contribution in [0.5, 0.6) is 0 Å². The van der Waals surface area contributed by atoms with E-state index in [9.17, 15) is 4.79 Å². The fraction of sp³-hybridized carbons (Fsp3) is 0.385. The molecule has 1 aliphatic rings. The lowest BCUT2D eigenvalue weighted by atomic mass is 10.0. The number of benzene rings is 2. The van der Waals surface area contributed by atoms with Crippen LogP contribution in [0.25, 0.3) is 0 Å². The summed E-state index contributed by atoms with van der Waals surface area (Å²) in [6.07, 6.45) is 4.48. The quantitative estimate of drug-likeness (QED) is 0.628. The number of nitrogens with one attached hydrogen (secondary N) is 1. The van der Waals surface area contributed by atoms with Crippen LogP contribution in [0.3, 0.4) is 0 Å². The number of amides is 1. The Balaban J connectivity index is 1.33. The van der Waals surface area contributed by atoms with Gasteiger partial charge >= 0.3 is 0 Å². The summed E-state index contributed by atoms with van der Waals surface area (Å²) in [6, 6.07) is 19.1. The van der Waals surface area contributed by atoms with E-state index in [2.05, 4.69) is 65.6 Å². The van der Waals surface area contributed by atoms with Gasteiger partial charge in [0, 0.05) is 25.7 Å². The van der Waals surface area contributed by atoms with Gasteiger partial charge in [0.2, 0.25) is 0 Å². The minimum Gasteiger partial charge on any atom is -0.349 e. The maximum absolute atomic E-state index is 13.0. The maximum atomic E-state index is 13.0. The molecule has 0 bridgehead atoms. The highest BCUT2D eigenvalue weighted by Crippen LogP contribution is 2.18. The normalized spacial score (nSPS) is 15.2. The first-order valence-corrected chi connectivity index (χ1v) is 11.3. The van der Waals surface area contributed by atoms with Crippen LogP contribution in [0.2, 0.25) is 0 Å². The highest BCUT2D eigenvalue weighted by molar-refractivity contribution is 5.95. The van der Waals surface area contributed by atoms with Crippen LogP contribution in [-0.4, -0.2) is 39.7 Å². The van der Waals surface area contributed by atoms with Crippen molar-refractivity contribution in [2.75, 3.05) is 13.1 Å². The van der Waals surface area contributed by atoms with Crippen LogP contribution in [0.15, 0.2) is 60.8 Å². The lowest BCUT2D eigenvalue weighted by Crippen LogP contribution is -2.44. The Morgan fingerprint density at radius 2 is 1.74 bits per heavy atom. The molecule has 2 aromatic carbocycles. The lowest BCUT2D eigenvalue weighted by Gasteiger charge is -2.32. The van der Waals surface area contributed by atoms with Crippen LogP contribution < -0.4 is 5.32 Å². The zero-order valence-electron chi connectivity index (χ0n) is 18.6. The van der Waals surface area contributed by atoms with E-state index < -0.39 is 0 Å². The van der Waals surface area contributed by atoms with Gasteiger partial charge in [0.15, 0.2) is 0 Å². The molecule has 162 valence electrons. The van der Waals surface area contributed by atoms with Crippen molar-refractivity contribution < 1.29 is 4.79 Å². The van der Waals surface area contributed by atoms with Gasteiger partial charge in [0.1, 0.15) is 0 Å². The van der Waals surface area contributed by atoms with Gasteiger partial charge in [0.05, 0.1) is 24.0 Å². The molecule has 0 aliphatic carbocycles. The number of aryl methyl sites for hydroxylation is 1. The SMILES string of the molecule is CCc1c(C(=O)NC2CCN(Cc3ccccc3C)CC2)cnn1Cc1ccccc1. The average molecular weight is 417 g/mol. The monoisotopic (exact) mass is 416 g/mol. The largest absolute Gasteiger partial charge is 0.349 e. The van der Waals surface area contributed by atoms with Crippen molar-refractivity contribution >= 4 is 5.91 Å². The van der Waals surface area contributed by atoms with Crippen molar-refractivity contribution in [2.45, 2.75) is 52.2 Å². The molecule has 1 aliphatic heterocycles. The van der Waals surface area contributed by atoms with Gasteiger partial charge in [-0.15, -0.1) is 0 Å².